The first-order valence-corrected chi connectivity index (χ1v) is 10.4. The third kappa shape index (κ3) is 4.67. The lowest BCUT2D eigenvalue weighted by Gasteiger charge is -2.10. The van der Waals surface area contributed by atoms with Crippen LogP contribution >= 0.6 is 0 Å². The number of benzene rings is 3. The first-order valence-electron chi connectivity index (χ1n) is 10.4. The number of aromatic nitrogens is 3. The largest absolute Gasteiger partial charge is 0.208 e. The van der Waals surface area contributed by atoms with Gasteiger partial charge in [0, 0.05) is 16.7 Å². The molecule has 1 heterocycles. The highest BCUT2D eigenvalue weighted by atomic mass is 15.0. The summed E-state index contributed by atoms with van der Waals surface area (Å²) in [4.78, 5) is 14.4. The first-order chi connectivity index (χ1) is 15.2. The summed E-state index contributed by atoms with van der Waals surface area (Å²) in [6, 6.07) is 26.6. The predicted octanol–water partition coefficient (Wildman–Crippen LogP) is 7.16. The summed E-state index contributed by atoms with van der Waals surface area (Å²) >= 11 is 0. The molecule has 0 aliphatic heterocycles. The van der Waals surface area contributed by atoms with Crippen molar-refractivity contribution >= 4 is 5.57 Å². The minimum absolute atomic E-state index is 0.675. The summed E-state index contributed by atoms with van der Waals surface area (Å²) in [5.41, 5.74) is 6.49. The fourth-order valence-electron chi connectivity index (χ4n) is 3.38. The second-order valence-electron chi connectivity index (χ2n) is 7.44. The minimum atomic E-state index is 0.675. The fourth-order valence-corrected chi connectivity index (χ4v) is 3.38. The number of rotatable bonds is 5. The molecule has 0 aliphatic carbocycles. The second-order valence-corrected chi connectivity index (χ2v) is 7.44. The van der Waals surface area contributed by atoms with Gasteiger partial charge in [0.2, 0.25) is 0 Å². The van der Waals surface area contributed by atoms with Gasteiger partial charge in [-0.05, 0) is 37.5 Å². The van der Waals surface area contributed by atoms with Crippen molar-refractivity contribution < 1.29 is 0 Å². The van der Waals surface area contributed by atoms with Crippen LogP contribution in [0.5, 0.6) is 0 Å². The highest BCUT2D eigenvalue weighted by Gasteiger charge is 2.13. The lowest BCUT2D eigenvalue weighted by atomic mass is 10.0. The van der Waals surface area contributed by atoms with E-state index in [1.165, 1.54) is 11.1 Å². The van der Waals surface area contributed by atoms with Crippen LogP contribution in [0.2, 0.25) is 0 Å². The third-order valence-corrected chi connectivity index (χ3v) is 5.19. The lowest BCUT2D eigenvalue weighted by molar-refractivity contribution is 1.07. The predicted molar refractivity (Wildman–Crippen MR) is 129 cm³/mol. The molecule has 3 aromatic carbocycles. The van der Waals surface area contributed by atoms with Gasteiger partial charge >= 0.3 is 0 Å². The SMILES string of the molecule is C/C=C\C=C(/C)c1ccc(-c2nc(-c3ccccc3)nc(-c3ccccc3C)n2)cc1. The molecule has 0 N–H and O–H groups in total. The van der Waals surface area contributed by atoms with E-state index in [1.807, 2.05) is 55.5 Å². The van der Waals surface area contributed by atoms with Crippen LogP contribution in [0, 0.1) is 6.92 Å². The molecule has 0 aliphatic rings. The summed E-state index contributed by atoms with van der Waals surface area (Å²) in [5.74, 6) is 2.04. The van der Waals surface area contributed by atoms with E-state index >= 15 is 0 Å². The molecule has 3 heteroatoms. The van der Waals surface area contributed by atoms with Crippen LogP contribution in [0.15, 0.2) is 97.1 Å². The Hall–Kier alpha value is -3.85. The first kappa shape index (κ1) is 20.4. The minimum Gasteiger partial charge on any atom is -0.208 e. The second kappa shape index (κ2) is 9.31. The van der Waals surface area contributed by atoms with Crippen molar-refractivity contribution in [2.24, 2.45) is 0 Å². The maximum Gasteiger partial charge on any atom is 0.164 e. The quantitative estimate of drug-likeness (QED) is 0.332. The van der Waals surface area contributed by atoms with Crippen LogP contribution in [0.25, 0.3) is 39.7 Å². The van der Waals surface area contributed by atoms with Crippen LogP contribution < -0.4 is 0 Å². The Bertz CT molecular complexity index is 1240. The Kier molecular flexibility index (Phi) is 6.13. The Morgan fingerprint density at radius 2 is 1.26 bits per heavy atom. The molecule has 0 spiro atoms. The Balaban J connectivity index is 1.82. The van der Waals surface area contributed by atoms with Crippen molar-refractivity contribution in [2.75, 3.05) is 0 Å². The molecule has 0 unspecified atom stereocenters. The average molecular weight is 404 g/mol. The topological polar surface area (TPSA) is 38.7 Å². The van der Waals surface area contributed by atoms with E-state index in [9.17, 15) is 0 Å². The van der Waals surface area contributed by atoms with Gasteiger partial charge in [0.1, 0.15) is 0 Å². The molecule has 1 aromatic heterocycles. The van der Waals surface area contributed by atoms with Crippen LogP contribution in [-0.4, -0.2) is 15.0 Å². The van der Waals surface area contributed by atoms with Gasteiger partial charge in [-0.25, -0.2) is 15.0 Å². The van der Waals surface area contributed by atoms with Gasteiger partial charge in [-0.1, -0.05) is 97.1 Å². The molecule has 0 fully saturated rings. The molecule has 152 valence electrons. The zero-order valence-electron chi connectivity index (χ0n) is 18.1. The van der Waals surface area contributed by atoms with E-state index in [-0.39, 0.29) is 0 Å². The van der Waals surface area contributed by atoms with Crippen LogP contribution in [0.3, 0.4) is 0 Å². The van der Waals surface area contributed by atoms with Crippen LogP contribution in [-0.2, 0) is 0 Å². The highest BCUT2D eigenvalue weighted by Crippen LogP contribution is 2.27. The van der Waals surface area contributed by atoms with E-state index in [0.717, 1.165) is 22.3 Å². The summed E-state index contributed by atoms with van der Waals surface area (Å²) in [6.07, 6.45) is 6.19. The van der Waals surface area contributed by atoms with E-state index in [2.05, 4.69) is 62.4 Å². The average Bonchev–Trinajstić information content (AvgIpc) is 2.83. The Morgan fingerprint density at radius 3 is 1.90 bits per heavy atom. The van der Waals surface area contributed by atoms with Gasteiger partial charge in [0.25, 0.3) is 0 Å². The molecule has 0 saturated heterocycles. The van der Waals surface area contributed by atoms with Gasteiger partial charge in [-0.2, -0.15) is 0 Å². The monoisotopic (exact) mass is 403 g/mol. The summed E-state index contributed by atoms with van der Waals surface area (Å²) in [7, 11) is 0. The number of nitrogens with zero attached hydrogens (tertiary/aromatic N) is 3. The molecule has 31 heavy (non-hydrogen) atoms. The Labute approximate surface area is 183 Å². The van der Waals surface area contributed by atoms with E-state index in [1.54, 1.807) is 0 Å². The molecular weight excluding hydrogens is 378 g/mol. The normalized spacial score (nSPS) is 11.8. The molecule has 4 aromatic rings. The van der Waals surface area contributed by atoms with E-state index in [4.69, 9.17) is 15.0 Å². The molecule has 4 rings (SSSR count). The van der Waals surface area contributed by atoms with Crippen molar-refractivity contribution in [3.63, 3.8) is 0 Å². The number of aryl methyl sites for hydroxylation is 1. The summed E-state index contributed by atoms with van der Waals surface area (Å²) < 4.78 is 0. The Morgan fingerprint density at radius 1 is 0.677 bits per heavy atom. The smallest absolute Gasteiger partial charge is 0.164 e. The summed E-state index contributed by atoms with van der Waals surface area (Å²) in [6.45, 7) is 6.21. The van der Waals surface area contributed by atoms with Gasteiger partial charge in [0.05, 0.1) is 0 Å². The van der Waals surface area contributed by atoms with Gasteiger partial charge in [-0.15, -0.1) is 0 Å². The fraction of sp³-hybridized carbons (Fsp3) is 0.107. The van der Waals surface area contributed by atoms with Crippen LogP contribution in [0.1, 0.15) is 25.0 Å². The third-order valence-electron chi connectivity index (χ3n) is 5.19. The van der Waals surface area contributed by atoms with E-state index < -0.39 is 0 Å². The van der Waals surface area contributed by atoms with Crippen molar-refractivity contribution in [1.29, 1.82) is 0 Å². The zero-order chi connectivity index (χ0) is 21.6. The van der Waals surface area contributed by atoms with Crippen LogP contribution in [0.4, 0.5) is 0 Å². The van der Waals surface area contributed by atoms with Crippen molar-refractivity contribution in [2.45, 2.75) is 20.8 Å². The van der Waals surface area contributed by atoms with Crippen molar-refractivity contribution in [3.8, 4) is 34.2 Å². The number of allylic oxidation sites excluding steroid dienone is 4. The zero-order valence-corrected chi connectivity index (χ0v) is 18.1. The van der Waals surface area contributed by atoms with Crippen molar-refractivity contribution in [3.05, 3.63) is 108 Å². The van der Waals surface area contributed by atoms with Gasteiger partial charge in [-0.3, -0.25) is 0 Å². The summed E-state index contributed by atoms with van der Waals surface area (Å²) in [5, 5.41) is 0. The standard InChI is InChI=1S/C28H25N3/c1-4-5-11-20(2)22-16-18-24(19-17-22)27-29-26(23-13-7-6-8-14-23)30-28(31-27)25-15-10-9-12-21(25)3/h4-19H,1-3H3/b5-4-,20-11+. The molecule has 0 amide bonds. The van der Waals surface area contributed by atoms with Crippen molar-refractivity contribution in [1.82, 2.24) is 15.0 Å². The molecule has 0 atom stereocenters. The molecule has 0 radical (unpaired) electrons. The molecule has 0 saturated carbocycles. The number of hydrogen-bond acceptors (Lipinski definition) is 3. The molecule has 0 bridgehead atoms. The number of hydrogen-bond donors (Lipinski definition) is 0. The lowest BCUT2D eigenvalue weighted by Crippen LogP contribution is -2.01. The van der Waals surface area contributed by atoms with Gasteiger partial charge in [0.15, 0.2) is 17.5 Å². The molecular formula is C28H25N3. The van der Waals surface area contributed by atoms with Gasteiger partial charge < -0.3 is 0 Å². The highest BCUT2D eigenvalue weighted by molar-refractivity contribution is 5.71. The van der Waals surface area contributed by atoms with E-state index in [0.29, 0.717) is 17.5 Å². The maximum absolute atomic E-state index is 4.84. The maximum atomic E-state index is 4.84. The molecule has 3 nitrogen and oxygen atoms in total.